The highest BCUT2D eigenvalue weighted by atomic mass is 16.6. The fraction of sp³-hybridized carbons (Fsp3) is 0.533. The minimum absolute atomic E-state index is 0.245. The maximum atomic E-state index is 12.0. The first-order valence-corrected chi connectivity index (χ1v) is 6.41. The van der Waals surface area contributed by atoms with Crippen molar-refractivity contribution in [3.05, 3.63) is 29.8 Å². The summed E-state index contributed by atoms with van der Waals surface area (Å²) in [5.74, 6) is 0.240. The van der Waals surface area contributed by atoms with E-state index in [-0.39, 0.29) is 18.4 Å². The van der Waals surface area contributed by atoms with Gasteiger partial charge in [0.05, 0.1) is 13.0 Å². The van der Waals surface area contributed by atoms with E-state index in [4.69, 9.17) is 15.2 Å². The van der Waals surface area contributed by atoms with E-state index in [1.165, 1.54) is 0 Å². The second-order valence-electron chi connectivity index (χ2n) is 5.52. The number of nitrogens with two attached hydrogens (primary N) is 1. The monoisotopic (exact) mass is 265 g/mol. The minimum atomic E-state index is -0.482. The molecule has 0 aliphatic rings. The van der Waals surface area contributed by atoms with Crippen LogP contribution in [0.4, 0.5) is 0 Å². The molecule has 1 aromatic rings. The van der Waals surface area contributed by atoms with Gasteiger partial charge in [0.1, 0.15) is 11.4 Å². The van der Waals surface area contributed by atoms with E-state index in [1.54, 1.807) is 7.11 Å². The Morgan fingerprint density at radius 3 is 2.26 bits per heavy atom. The lowest BCUT2D eigenvalue weighted by atomic mass is 9.99. The fourth-order valence-corrected chi connectivity index (χ4v) is 1.69. The maximum Gasteiger partial charge on any atom is 0.311 e. The molecule has 0 amide bonds. The summed E-state index contributed by atoms with van der Waals surface area (Å²) < 4.78 is 10.5. The SMILES string of the molecule is COc1ccc(C[C@@H](CN)C(=O)OC(C)(C)C)cc1. The summed E-state index contributed by atoms with van der Waals surface area (Å²) in [5, 5.41) is 0. The van der Waals surface area contributed by atoms with Crippen molar-refractivity contribution >= 4 is 5.97 Å². The summed E-state index contributed by atoms with van der Waals surface area (Å²) in [5.41, 5.74) is 6.23. The first kappa shape index (κ1) is 15.5. The molecular formula is C15H23NO3. The zero-order valence-corrected chi connectivity index (χ0v) is 12.1. The molecule has 0 bridgehead atoms. The summed E-state index contributed by atoms with van der Waals surface area (Å²) in [7, 11) is 1.62. The van der Waals surface area contributed by atoms with Gasteiger partial charge in [-0.15, -0.1) is 0 Å². The van der Waals surface area contributed by atoms with Crippen molar-refractivity contribution in [2.75, 3.05) is 13.7 Å². The highest BCUT2D eigenvalue weighted by molar-refractivity contribution is 5.73. The summed E-state index contributed by atoms with van der Waals surface area (Å²) in [4.78, 5) is 12.0. The highest BCUT2D eigenvalue weighted by Crippen LogP contribution is 2.17. The molecule has 4 heteroatoms. The van der Waals surface area contributed by atoms with Gasteiger partial charge >= 0.3 is 5.97 Å². The lowest BCUT2D eigenvalue weighted by Crippen LogP contribution is -2.33. The lowest BCUT2D eigenvalue weighted by molar-refractivity contribution is -0.159. The lowest BCUT2D eigenvalue weighted by Gasteiger charge is -2.23. The number of rotatable bonds is 5. The van der Waals surface area contributed by atoms with Gasteiger partial charge in [-0.05, 0) is 44.9 Å². The zero-order valence-electron chi connectivity index (χ0n) is 12.1. The van der Waals surface area contributed by atoms with Gasteiger partial charge in [-0.25, -0.2) is 0 Å². The van der Waals surface area contributed by atoms with Gasteiger partial charge in [-0.3, -0.25) is 4.79 Å². The Balaban J connectivity index is 2.67. The van der Waals surface area contributed by atoms with Crippen LogP contribution in [0.15, 0.2) is 24.3 Å². The van der Waals surface area contributed by atoms with Crippen molar-refractivity contribution in [3.63, 3.8) is 0 Å². The fourth-order valence-electron chi connectivity index (χ4n) is 1.69. The summed E-state index contributed by atoms with van der Waals surface area (Å²) in [6, 6.07) is 7.62. The Morgan fingerprint density at radius 2 is 1.84 bits per heavy atom. The van der Waals surface area contributed by atoms with Gasteiger partial charge in [0.15, 0.2) is 0 Å². The summed E-state index contributed by atoms with van der Waals surface area (Å²) >= 11 is 0. The third-order valence-corrected chi connectivity index (χ3v) is 2.67. The number of esters is 1. The third-order valence-electron chi connectivity index (χ3n) is 2.67. The van der Waals surface area contributed by atoms with Gasteiger partial charge in [-0.2, -0.15) is 0 Å². The van der Waals surface area contributed by atoms with Crippen molar-refractivity contribution in [1.82, 2.24) is 0 Å². The zero-order chi connectivity index (χ0) is 14.5. The molecule has 2 N–H and O–H groups in total. The average Bonchev–Trinajstić information content (AvgIpc) is 2.34. The highest BCUT2D eigenvalue weighted by Gasteiger charge is 2.24. The molecule has 19 heavy (non-hydrogen) atoms. The summed E-state index contributed by atoms with van der Waals surface area (Å²) in [6.07, 6.45) is 0.579. The Bertz CT molecular complexity index is 406. The molecule has 106 valence electrons. The Labute approximate surface area is 114 Å². The number of hydrogen-bond donors (Lipinski definition) is 1. The van der Waals surface area contributed by atoms with Gasteiger partial charge in [0.2, 0.25) is 0 Å². The molecule has 0 aromatic heterocycles. The molecule has 0 unspecified atom stereocenters. The molecule has 4 nitrogen and oxygen atoms in total. The molecule has 1 aromatic carbocycles. The first-order valence-electron chi connectivity index (χ1n) is 6.41. The molecule has 1 rings (SSSR count). The number of hydrogen-bond acceptors (Lipinski definition) is 4. The molecule has 0 spiro atoms. The average molecular weight is 265 g/mol. The van der Waals surface area contributed by atoms with Crippen LogP contribution in [-0.2, 0) is 16.0 Å². The van der Waals surface area contributed by atoms with E-state index in [9.17, 15) is 4.79 Å². The topological polar surface area (TPSA) is 61.5 Å². The molecule has 0 fully saturated rings. The van der Waals surface area contributed by atoms with E-state index in [0.29, 0.717) is 6.42 Å². The van der Waals surface area contributed by atoms with Crippen molar-refractivity contribution in [3.8, 4) is 5.75 Å². The normalized spacial score (nSPS) is 12.9. The number of benzene rings is 1. The summed E-state index contributed by atoms with van der Waals surface area (Å²) in [6.45, 7) is 5.84. The van der Waals surface area contributed by atoms with Crippen LogP contribution >= 0.6 is 0 Å². The van der Waals surface area contributed by atoms with E-state index < -0.39 is 5.60 Å². The van der Waals surface area contributed by atoms with Crippen molar-refractivity contribution < 1.29 is 14.3 Å². The maximum absolute atomic E-state index is 12.0. The van der Waals surface area contributed by atoms with E-state index in [1.807, 2.05) is 45.0 Å². The van der Waals surface area contributed by atoms with Gasteiger partial charge in [-0.1, -0.05) is 12.1 Å². The van der Waals surface area contributed by atoms with Crippen molar-refractivity contribution in [2.24, 2.45) is 11.7 Å². The number of ether oxygens (including phenoxy) is 2. The third kappa shape index (κ3) is 5.30. The van der Waals surface area contributed by atoms with Gasteiger partial charge < -0.3 is 15.2 Å². The Morgan fingerprint density at radius 1 is 1.26 bits per heavy atom. The van der Waals surface area contributed by atoms with Crippen LogP contribution in [0.5, 0.6) is 5.75 Å². The van der Waals surface area contributed by atoms with Gasteiger partial charge in [0, 0.05) is 6.54 Å². The molecule has 0 aliphatic heterocycles. The molecule has 0 saturated carbocycles. The van der Waals surface area contributed by atoms with Crippen molar-refractivity contribution in [2.45, 2.75) is 32.8 Å². The molecule has 0 radical (unpaired) electrons. The quantitative estimate of drug-likeness (QED) is 0.829. The number of carbonyl (C=O) groups is 1. The van der Waals surface area contributed by atoms with Crippen LogP contribution in [0.1, 0.15) is 26.3 Å². The Kier molecular flexibility index (Phi) is 5.36. The molecule has 0 saturated heterocycles. The van der Waals surface area contributed by atoms with Crippen LogP contribution in [0, 0.1) is 5.92 Å². The standard InChI is InChI=1S/C15H23NO3/c1-15(2,3)19-14(17)12(10-16)9-11-5-7-13(18-4)8-6-11/h5-8,12H,9-10,16H2,1-4H3/t12-/m0/s1. The largest absolute Gasteiger partial charge is 0.497 e. The molecule has 1 atom stereocenters. The number of carbonyl (C=O) groups excluding carboxylic acids is 1. The smallest absolute Gasteiger partial charge is 0.311 e. The van der Waals surface area contributed by atoms with Crippen LogP contribution in [0.2, 0.25) is 0 Å². The van der Waals surface area contributed by atoms with E-state index in [0.717, 1.165) is 11.3 Å². The predicted molar refractivity (Wildman–Crippen MR) is 75.1 cm³/mol. The van der Waals surface area contributed by atoms with Crippen molar-refractivity contribution in [1.29, 1.82) is 0 Å². The second kappa shape index (κ2) is 6.57. The first-order chi connectivity index (χ1) is 8.85. The minimum Gasteiger partial charge on any atom is -0.497 e. The van der Waals surface area contributed by atoms with Crippen LogP contribution < -0.4 is 10.5 Å². The van der Waals surface area contributed by atoms with E-state index >= 15 is 0 Å². The van der Waals surface area contributed by atoms with Gasteiger partial charge in [0.25, 0.3) is 0 Å². The molecule has 0 aliphatic carbocycles. The van der Waals surface area contributed by atoms with Crippen LogP contribution in [-0.4, -0.2) is 25.2 Å². The molecule has 0 heterocycles. The second-order valence-corrected chi connectivity index (χ2v) is 5.52. The Hall–Kier alpha value is -1.55. The van der Waals surface area contributed by atoms with E-state index in [2.05, 4.69) is 0 Å². The number of methoxy groups -OCH3 is 1. The molecular weight excluding hydrogens is 242 g/mol. The van der Waals surface area contributed by atoms with Crippen LogP contribution in [0.3, 0.4) is 0 Å². The van der Waals surface area contributed by atoms with Crippen LogP contribution in [0.25, 0.3) is 0 Å². The predicted octanol–water partition coefficient (Wildman–Crippen LogP) is 2.15.